The highest BCUT2D eigenvalue weighted by Gasteiger charge is 2.16. The lowest BCUT2D eigenvalue weighted by atomic mass is 9.98. The van der Waals surface area contributed by atoms with E-state index in [0.29, 0.717) is 24.5 Å². The molecule has 1 unspecified atom stereocenters. The van der Waals surface area contributed by atoms with Gasteiger partial charge in [0.2, 0.25) is 5.91 Å². The van der Waals surface area contributed by atoms with Crippen molar-refractivity contribution in [2.75, 3.05) is 7.11 Å². The monoisotopic (exact) mass is 426 g/mol. The Morgan fingerprint density at radius 2 is 1.66 bits per heavy atom. The Labute approximate surface area is 188 Å². The third-order valence-electron chi connectivity index (χ3n) is 5.31. The summed E-state index contributed by atoms with van der Waals surface area (Å²) in [4.78, 5) is 17.1. The molecule has 1 atom stereocenters. The first kappa shape index (κ1) is 21.4. The minimum atomic E-state index is -0.0921. The summed E-state index contributed by atoms with van der Waals surface area (Å²) in [5, 5.41) is 3.18. The molecule has 0 spiro atoms. The van der Waals surface area contributed by atoms with E-state index in [9.17, 15) is 4.79 Å². The summed E-state index contributed by atoms with van der Waals surface area (Å²) >= 11 is 0. The van der Waals surface area contributed by atoms with E-state index in [0.717, 1.165) is 23.3 Å². The van der Waals surface area contributed by atoms with Crippen LogP contribution in [-0.4, -0.2) is 18.0 Å². The number of aromatic nitrogens is 1. The maximum absolute atomic E-state index is 12.7. The Hall–Kier alpha value is -3.86. The molecule has 1 heterocycles. The van der Waals surface area contributed by atoms with Gasteiger partial charge in [0, 0.05) is 18.4 Å². The number of benzene rings is 3. The van der Waals surface area contributed by atoms with Crippen LogP contribution in [0.2, 0.25) is 0 Å². The number of ether oxygens (including phenoxy) is 1. The van der Waals surface area contributed by atoms with Gasteiger partial charge >= 0.3 is 0 Å². The first-order valence-electron chi connectivity index (χ1n) is 10.7. The highest BCUT2D eigenvalue weighted by molar-refractivity contribution is 5.76. The minimum Gasteiger partial charge on any atom is -0.497 e. The maximum Gasteiger partial charge on any atom is 0.221 e. The van der Waals surface area contributed by atoms with E-state index in [2.05, 4.69) is 22.4 Å². The second-order valence-electron chi connectivity index (χ2n) is 7.57. The maximum atomic E-state index is 12.7. The first-order chi connectivity index (χ1) is 15.7. The quantitative estimate of drug-likeness (QED) is 0.390. The molecule has 3 aromatic carbocycles. The fraction of sp³-hybridized carbons (Fsp3) is 0.185. The van der Waals surface area contributed by atoms with Crippen molar-refractivity contribution in [1.29, 1.82) is 0 Å². The smallest absolute Gasteiger partial charge is 0.221 e. The molecule has 0 bridgehead atoms. The molecule has 0 aliphatic carbocycles. The van der Waals surface area contributed by atoms with Crippen LogP contribution < -0.4 is 10.1 Å². The molecular formula is C27H26N2O3. The van der Waals surface area contributed by atoms with Gasteiger partial charge < -0.3 is 14.5 Å². The lowest BCUT2D eigenvalue weighted by Crippen LogP contribution is -2.30. The van der Waals surface area contributed by atoms with Crippen LogP contribution in [0.3, 0.4) is 0 Å². The van der Waals surface area contributed by atoms with Crippen molar-refractivity contribution in [3.8, 4) is 17.1 Å². The van der Waals surface area contributed by atoms with Crippen molar-refractivity contribution >= 4 is 5.91 Å². The van der Waals surface area contributed by atoms with E-state index >= 15 is 0 Å². The fourth-order valence-electron chi connectivity index (χ4n) is 3.59. The highest BCUT2D eigenvalue weighted by atomic mass is 16.5. The van der Waals surface area contributed by atoms with E-state index in [1.165, 1.54) is 5.56 Å². The Morgan fingerprint density at radius 3 is 2.34 bits per heavy atom. The normalized spacial score (nSPS) is 11.7. The van der Waals surface area contributed by atoms with Gasteiger partial charge in [-0.1, -0.05) is 60.7 Å². The number of aryl methyl sites for hydroxylation is 1. The lowest BCUT2D eigenvalue weighted by molar-refractivity contribution is -0.121. The topological polar surface area (TPSA) is 64.4 Å². The average Bonchev–Trinajstić information content (AvgIpc) is 3.33. The van der Waals surface area contributed by atoms with Gasteiger partial charge in [0.05, 0.1) is 19.3 Å². The van der Waals surface area contributed by atoms with Crippen molar-refractivity contribution in [3.63, 3.8) is 0 Å². The van der Waals surface area contributed by atoms with Gasteiger partial charge in [-0.25, -0.2) is 4.98 Å². The van der Waals surface area contributed by atoms with Crippen LogP contribution in [0.1, 0.15) is 29.5 Å². The number of nitrogens with zero attached hydrogens (tertiary/aromatic N) is 1. The molecule has 0 aliphatic heterocycles. The molecule has 5 heteroatoms. The van der Waals surface area contributed by atoms with Crippen molar-refractivity contribution in [1.82, 2.24) is 10.3 Å². The molecule has 4 aromatic rings. The third kappa shape index (κ3) is 5.64. The molecule has 0 saturated heterocycles. The Bertz CT molecular complexity index is 1120. The number of hydrogen-bond donors (Lipinski definition) is 1. The first-order valence-corrected chi connectivity index (χ1v) is 10.7. The summed E-state index contributed by atoms with van der Waals surface area (Å²) in [6.45, 7) is 0. The molecule has 0 radical (unpaired) electrons. The number of rotatable bonds is 9. The van der Waals surface area contributed by atoms with E-state index in [4.69, 9.17) is 9.15 Å². The molecule has 0 fully saturated rings. The largest absolute Gasteiger partial charge is 0.497 e. The molecule has 5 nitrogen and oxygen atoms in total. The average molecular weight is 427 g/mol. The zero-order chi connectivity index (χ0) is 22.2. The van der Waals surface area contributed by atoms with Gasteiger partial charge in [-0.3, -0.25) is 4.79 Å². The molecule has 1 N–H and O–H groups in total. The number of carbonyl (C=O) groups excluding carboxylic acids is 1. The molecule has 1 amide bonds. The predicted molar refractivity (Wildman–Crippen MR) is 124 cm³/mol. The van der Waals surface area contributed by atoms with Gasteiger partial charge in [0.1, 0.15) is 5.75 Å². The second-order valence-corrected chi connectivity index (χ2v) is 7.57. The molecule has 32 heavy (non-hydrogen) atoms. The van der Waals surface area contributed by atoms with Crippen LogP contribution in [0.15, 0.2) is 95.5 Å². The van der Waals surface area contributed by atoms with Crippen LogP contribution in [0.25, 0.3) is 11.3 Å². The molecule has 4 rings (SSSR count). The van der Waals surface area contributed by atoms with E-state index in [1.807, 2.05) is 72.8 Å². The fourth-order valence-corrected chi connectivity index (χ4v) is 3.59. The van der Waals surface area contributed by atoms with E-state index in [-0.39, 0.29) is 11.9 Å². The Morgan fingerprint density at radius 1 is 0.969 bits per heavy atom. The number of nitrogens with one attached hydrogen (secondary N) is 1. The molecule has 0 saturated carbocycles. The van der Waals surface area contributed by atoms with Gasteiger partial charge in [-0.15, -0.1) is 0 Å². The Balaban J connectivity index is 1.37. The van der Waals surface area contributed by atoms with Gasteiger partial charge in [-0.2, -0.15) is 0 Å². The molecule has 0 aliphatic rings. The summed E-state index contributed by atoms with van der Waals surface area (Å²) in [6, 6.07) is 27.7. The number of amides is 1. The van der Waals surface area contributed by atoms with Crippen molar-refractivity contribution in [3.05, 3.63) is 108 Å². The van der Waals surface area contributed by atoms with Gasteiger partial charge in [-0.05, 0) is 41.8 Å². The molecular weight excluding hydrogens is 400 g/mol. The predicted octanol–water partition coefficient (Wildman–Crippen LogP) is 5.38. The van der Waals surface area contributed by atoms with E-state index < -0.39 is 0 Å². The number of carbonyl (C=O) groups is 1. The molecule has 1 aromatic heterocycles. The third-order valence-corrected chi connectivity index (χ3v) is 5.31. The van der Waals surface area contributed by atoms with Gasteiger partial charge in [0.25, 0.3) is 0 Å². The number of hydrogen-bond acceptors (Lipinski definition) is 4. The summed E-state index contributed by atoms with van der Waals surface area (Å²) in [6.07, 6.45) is 3.17. The number of oxazole rings is 1. The summed E-state index contributed by atoms with van der Waals surface area (Å²) in [5.74, 6) is 1.98. The second kappa shape index (κ2) is 10.4. The van der Waals surface area contributed by atoms with Crippen molar-refractivity contribution in [2.45, 2.75) is 25.3 Å². The van der Waals surface area contributed by atoms with Gasteiger partial charge in [0.15, 0.2) is 11.7 Å². The van der Waals surface area contributed by atoms with E-state index in [1.54, 1.807) is 13.3 Å². The zero-order valence-corrected chi connectivity index (χ0v) is 18.0. The zero-order valence-electron chi connectivity index (χ0n) is 18.0. The summed E-state index contributed by atoms with van der Waals surface area (Å²) in [5.41, 5.74) is 3.18. The Kier molecular flexibility index (Phi) is 6.98. The van der Waals surface area contributed by atoms with Crippen LogP contribution >= 0.6 is 0 Å². The molecule has 162 valence electrons. The standard InChI is InChI=1S/C27H26N2O3/c1-31-23-14-12-22(13-15-23)25-19-28-27(32-25)17-16-26(30)29-24(21-10-6-3-7-11-21)18-20-8-4-2-5-9-20/h2-15,19,24H,16-18H2,1H3,(H,29,30). The highest BCUT2D eigenvalue weighted by Crippen LogP contribution is 2.24. The van der Waals surface area contributed by atoms with Crippen LogP contribution in [-0.2, 0) is 17.6 Å². The summed E-state index contributed by atoms with van der Waals surface area (Å²) < 4.78 is 11.0. The van der Waals surface area contributed by atoms with Crippen molar-refractivity contribution in [2.24, 2.45) is 0 Å². The minimum absolute atomic E-state index is 0.0287. The van der Waals surface area contributed by atoms with Crippen LogP contribution in [0.4, 0.5) is 0 Å². The van der Waals surface area contributed by atoms with Crippen LogP contribution in [0, 0.1) is 0 Å². The summed E-state index contributed by atoms with van der Waals surface area (Å²) in [7, 11) is 1.63. The van der Waals surface area contributed by atoms with Crippen molar-refractivity contribution < 1.29 is 13.9 Å². The number of methoxy groups -OCH3 is 1. The lowest BCUT2D eigenvalue weighted by Gasteiger charge is -2.19. The SMILES string of the molecule is COc1ccc(-c2cnc(CCC(=O)NC(Cc3ccccc3)c3ccccc3)o2)cc1. The van der Waals surface area contributed by atoms with Crippen LogP contribution in [0.5, 0.6) is 5.75 Å².